The van der Waals surface area contributed by atoms with Crippen molar-refractivity contribution in [2.24, 2.45) is 0 Å². The predicted molar refractivity (Wildman–Crippen MR) is 84.3 cm³/mol. The second-order valence-corrected chi connectivity index (χ2v) is 4.87. The molecule has 0 spiro atoms. The Morgan fingerprint density at radius 2 is 1.95 bits per heavy atom. The van der Waals surface area contributed by atoms with Crippen LogP contribution in [0.15, 0.2) is 42.5 Å². The Balaban J connectivity index is 2.24. The molecule has 0 aliphatic rings. The number of aliphatic hydroxyl groups excluding tert-OH is 1. The first-order valence-corrected chi connectivity index (χ1v) is 6.68. The van der Waals surface area contributed by atoms with Gasteiger partial charge in [-0.25, -0.2) is 0 Å². The van der Waals surface area contributed by atoms with E-state index in [4.69, 9.17) is 5.11 Å². The monoisotopic (exact) mass is 279 g/mol. The molecule has 0 aliphatic carbocycles. The highest BCUT2D eigenvalue weighted by atomic mass is 16.2. The van der Waals surface area contributed by atoms with Crippen molar-refractivity contribution >= 4 is 11.6 Å². The van der Waals surface area contributed by atoms with Gasteiger partial charge in [0.15, 0.2) is 0 Å². The number of amides is 1. The number of nitrogens with one attached hydrogen (secondary N) is 1. The van der Waals surface area contributed by atoms with Crippen molar-refractivity contribution in [3.8, 4) is 11.8 Å². The Bertz CT molecular complexity index is 723. The van der Waals surface area contributed by atoms with Crippen molar-refractivity contribution in [2.75, 3.05) is 11.9 Å². The van der Waals surface area contributed by atoms with Gasteiger partial charge in [-0.05, 0) is 55.3 Å². The lowest BCUT2D eigenvalue weighted by molar-refractivity contribution is 0.102. The molecule has 0 bridgehead atoms. The van der Waals surface area contributed by atoms with Crippen molar-refractivity contribution in [3.05, 3.63) is 64.7 Å². The average Bonchev–Trinajstić information content (AvgIpc) is 2.44. The zero-order chi connectivity index (χ0) is 15.2. The van der Waals surface area contributed by atoms with Gasteiger partial charge in [0.1, 0.15) is 6.61 Å². The summed E-state index contributed by atoms with van der Waals surface area (Å²) >= 11 is 0. The van der Waals surface area contributed by atoms with Gasteiger partial charge in [-0.15, -0.1) is 0 Å². The third kappa shape index (κ3) is 4.20. The zero-order valence-electron chi connectivity index (χ0n) is 12.1. The van der Waals surface area contributed by atoms with Crippen molar-refractivity contribution in [3.63, 3.8) is 0 Å². The average molecular weight is 279 g/mol. The number of carbonyl (C=O) groups excluding carboxylic acids is 1. The van der Waals surface area contributed by atoms with Crippen LogP contribution in [0, 0.1) is 25.7 Å². The van der Waals surface area contributed by atoms with Crippen LogP contribution in [0.5, 0.6) is 0 Å². The Morgan fingerprint density at radius 1 is 1.14 bits per heavy atom. The highest BCUT2D eigenvalue weighted by Crippen LogP contribution is 2.14. The highest BCUT2D eigenvalue weighted by Gasteiger charge is 2.07. The van der Waals surface area contributed by atoms with Gasteiger partial charge in [-0.3, -0.25) is 4.79 Å². The highest BCUT2D eigenvalue weighted by molar-refractivity contribution is 6.04. The topological polar surface area (TPSA) is 49.3 Å². The summed E-state index contributed by atoms with van der Waals surface area (Å²) in [6.45, 7) is 3.69. The number of benzene rings is 2. The Morgan fingerprint density at radius 3 is 2.67 bits per heavy atom. The largest absolute Gasteiger partial charge is 0.384 e. The van der Waals surface area contributed by atoms with E-state index in [9.17, 15) is 4.79 Å². The van der Waals surface area contributed by atoms with Gasteiger partial charge in [0.2, 0.25) is 0 Å². The van der Waals surface area contributed by atoms with E-state index >= 15 is 0 Å². The summed E-state index contributed by atoms with van der Waals surface area (Å²) in [6, 6.07) is 13.1. The molecule has 2 rings (SSSR count). The van der Waals surface area contributed by atoms with Crippen molar-refractivity contribution < 1.29 is 9.90 Å². The first kappa shape index (κ1) is 14.8. The number of carbonyl (C=O) groups is 1. The second-order valence-electron chi connectivity index (χ2n) is 4.87. The van der Waals surface area contributed by atoms with Crippen molar-refractivity contribution in [1.82, 2.24) is 0 Å². The fraction of sp³-hybridized carbons (Fsp3) is 0.167. The maximum atomic E-state index is 12.3. The number of hydrogen-bond acceptors (Lipinski definition) is 2. The molecule has 0 aromatic heterocycles. The normalized spacial score (nSPS) is 9.67. The lowest BCUT2D eigenvalue weighted by atomic mass is 10.1. The Kier molecular flexibility index (Phi) is 4.76. The summed E-state index contributed by atoms with van der Waals surface area (Å²) < 4.78 is 0. The van der Waals surface area contributed by atoms with E-state index in [-0.39, 0.29) is 12.5 Å². The van der Waals surface area contributed by atoms with Crippen LogP contribution >= 0.6 is 0 Å². The van der Waals surface area contributed by atoms with Gasteiger partial charge in [-0.2, -0.15) is 0 Å². The molecule has 0 unspecified atom stereocenters. The van der Waals surface area contributed by atoms with Gasteiger partial charge >= 0.3 is 0 Å². The van der Waals surface area contributed by atoms with Gasteiger partial charge in [0, 0.05) is 16.8 Å². The number of anilines is 1. The molecule has 0 aliphatic heterocycles. The van der Waals surface area contributed by atoms with E-state index in [1.807, 2.05) is 50.2 Å². The van der Waals surface area contributed by atoms with E-state index < -0.39 is 0 Å². The third-order valence-electron chi connectivity index (χ3n) is 2.93. The third-order valence-corrected chi connectivity index (χ3v) is 2.93. The first-order valence-electron chi connectivity index (χ1n) is 6.68. The zero-order valence-corrected chi connectivity index (χ0v) is 12.1. The molecule has 0 radical (unpaired) electrons. The Hall–Kier alpha value is -2.57. The van der Waals surface area contributed by atoms with Crippen molar-refractivity contribution in [1.29, 1.82) is 0 Å². The molecule has 0 saturated carbocycles. The molecular formula is C18H17NO2. The van der Waals surface area contributed by atoms with E-state index in [2.05, 4.69) is 17.2 Å². The quantitative estimate of drug-likeness (QED) is 0.830. The first-order chi connectivity index (χ1) is 10.1. The summed E-state index contributed by atoms with van der Waals surface area (Å²) in [6.07, 6.45) is 0. The van der Waals surface area contributed by atoms with Gasteiger partial charge in [-0.1, -0.05) is 24.0 Å². The summed E-state index contributed by atoms with van der Waals surface area (Å²) in [5.41, 5.74) is 4.09. The number of hydrogen-bond donors (Lipinski definition) is 2. The van der Waals surface area contributed by atoms with E-state index in [0.29, 0.717) is 5.56 Å². The number of rotatable bonds is 2. The van der Waals surface area contributed by atoms with E-state index in [0.717, 1.165) is 22.4 Å². The van der Waals surface area contributed by atoms with Gasteiger partial charge in [0.05, 0.1) is 0 Å². The summed E-state index contributed by atoms with van der Waals surface area (Å²) in [5, 5.41) is 11.6. The van der Waals surface area contributed by atoms with Crippen molar-refractivity contribution in [2.45, 2.75) is 13.8 Å². The summed E-state index contributed by atoms with van der Waals surface area (Å²) in [7, 11) is 0. The maximum Gasteiger partial charge on any atom is 0.255 e. The second kappa shape index (κ2) is 6.74. The van der Waals surface area contributed by atoms with E-state index in [1.54, 1.807) is 6.07 Å². The fourth-order valence-electron chi connectivity index (χ4n) is 2.05. The molecule has 2 aromatic rings. The van der Waals surface area contributed by atoms with Crippen LogP contribution in [-0.2, 0) is 0 Å². The van der Waals surface area contributed by atoms with Crippen LogP contribution in [-0.4, -0.2) is 17.6 Å². The molecular weight excluding hydrogens is 262 g/mol. The Labute approximate surface area is 124 Å². The SMILES string of the molecule is Cc1cccc(NC(=O)c2cc(C)cc(C#CCO)c2)c1. The van der Waals surface area contributed by atoms with Crippen LogP contribution in [0.1, 0.15) is 27.0 Å². The molecule has 106 valence electrons. The molecule has 0 fully saturated rings. The van der Waals surface area contributed by atoms with Crippen LogP contribution in [0.2, 0.25) is 0 Å². The molecule has 2 N–H and O–H groups in total. The molecule has 1 amide bonds. The maximum absolute atomic E-state index is 12.3. The minimum atomic E-state index is -0.196. The van der Waals surface area contributed by atoms with E-state index in [1.165, 1.54) is 0 Å². The van der Waals surface area contributed by atoms with Gasteiger partial charge < -0.3 is 10.4 Å². The van der Waals surface area contributed by atoms with Crippen LogP contribution < -0.4 is 5.32 Å². The summed E-state index contributed by atoms with van der Waals surface area (Å²) in [5.74, 6) is 5.24. The minimum Gasteiger partial charge on any atom is -0.384 e. The lowest BCUT2D eigenvalue weighted by Gasteiger charge is -2.07. The number of aryl methyl sites for hydroxylation is 2. The smallest absolute Gasteiger partial charge is 0.255 e. The number of aliphatic hydroxyl groups is 1. The molecule has 3 nitrogen and oxygen atoms in total. The minimum absolute atomic E-state index is 0.170. The molecule has 21 heavy (non-hydrogen) atoms. The molecule has 2 aromatic carbocycles. The van der Waals surface area contributed by atoms with Crippen LogP contribution in [0.4, 0.5) is 5.69 Å². The lowest BCUT2D eigenvalue weighted by Crippen LogP contribution is -2.12. The molecule has 0 atom stereocenters. The summed E-state index contributed by atoms with van der Waals surface area (Å²) in [4.78, 5) is 12.3. The van der Waals surface area contributed by atoms with Crippen LogP contribution in [0.25, 0.3) is 0 Å². The van der Waals surface area contributed by atoms with Crippen LogP contribution in [0.3, 0.4) is 0 Å². The van der Waals surface area contributed by atoms with Gasteiger partial charge in [0.25, 0.3) is 5.91 Å². The standard InChI is InChI=1S/C18H17NO2/c1-13-5-3-7-17(11-13)19-18(21)16-10-14(2)9-15(12-16)6-4-8-20/h3,5,7,9-12,20H,8H2,1-2H3,(H,19,21). The molecule has 0 saturated heterocycles. The fourth-order valence-corrected chi connectivity index (χ4v) is 2.05. The molecule has 0 heterocycles. The molecule has 3 heteroatoms. The predicted octanol–water partition coefficient (Wildman–Crippen LogP) is 2.90.